The molecule has 4 nitrogen and oxygen atoms in total. The first-order valence-electron chi connectivity index (χ1n) is 6.43. The van der Waals surface area contributed by atoms with Gasteiger partial charge in [-0.3, -0.25) is 14.5 Å². The smallest absolute Gasteiger partial charge is 0.261 e. The van der Waals surface area contributed by atoms with Gasteiger partial charge < -0.3 is 5.11 Å². The molecule has 0 saturated carbocycles. The molecule has 0 aromatic heterocycles. The van der Waals surface area contributed by atoms with Crippen LogP contribution < -0.4 is 0 Å². The van der Waals surface area contributed by atoms with Crippen molar-refractivity contribution in [3.05, 3.63) is 35.4 Å². The van der Waals surface area contributed by atoms with Crippen molar-refractivity contribution in [1.82, 2.24) is 4.90 Å². The van der Waals surface area contributed by atoms with Gasteiger partial charge in [-0.25, -0.2) is 0 Å². The highest BCUT2D eigenvalue weighted by Crippen LogP contribution is 2.25. The molecular weight excluding hydrogens is 242 g/mol. The van der Waals surface area contributed by atoms with Crippen LogP contribution in [0.15, 0.2) is 24.3 Å². The summed E-state index contributed by atoms with van der Waals surface area (Å²) in [4.78, 5) is 25.3. The highest BCUT2D eigenvalue weighted by Gasteiger charge is 2.36. The van der Waals surface area contributed by atoms with Gasteiger partial charge in [0.15, 0.2) is 0 Å². The molecule has 1 aliphatic heterocycles. The Hall–Kier alpha value is -1.68. The summed E-state index contributed by atoms with van der Waals surface area (Å²) in [5, 5.41) is 10.0. The second-order valence-corrected chi connectivity index (χ2v) is 6.19. The standard InChI is InChI=1S/C15H19NO3/c1-15(2,3)8-10(17)9-16-13(18)11-6-4-5-7-12(11)14(16)19/h4-7,10,17H,8-9H2,1-3H3. The monoisotopic (exact) mass is 261 g/mol. The predicted octanol–water partition coefficient (Wildman–Crippen LogP) is 2.08. The fraction of sp³-hybridized carbons (Fsp3) is 0.467. The Labute approximate surface area is 113 Å². The number of fused-ring (bicyclic) bond motifs is 1. The van der Waals surface area contributed by atoms with Gasteiger partial charge in [0.05, 0.1) is 23.8 Å². The first kappa shape index (κ1) is 13.7. The number of benzene rings is 1. The van der Waals surface area contributed by atoms with E-state index in [1.165, 1.54) is 0 Å². The quantitative estimate of drug-likeness (QED) is 0.847. The van der Waals surface area contributed by atoms with Crippen LogP contribution >= 0.6 is 0 Å². The van der Waals surface area contributed by atoms with E-state index in [1.807, 2.05) is 20.8 Å². The van der Waals surface area contributed by atoms with E-state index in [1.54, 1.807) is 24.3 Å². The van der Waals surface area contributed by atoms with E-state index in [2.05, 4.69) is 0 Å². The lowest BCUT2D eigenvalue weighted by Gasteiger charge is -2.25. The molecule has 0 bridgehead atoms. The van der Waals surface area contributed by atoms with Crippen molar-refractivity contribution in [2.45, 2.75) is 33.3 Å². The number of carbonyl (C=O) groups is 2. The van der Waals surface area contributed by atoms with Gasteiger partial charge in [0.1, 0.15) is 0 Å². The van der Waals surface area contributed by atoms with E-state index in [0.717, 1.165) is 4.90 Å². The van der Waals surface area contributed by atoms with Gasteiger partial charge in [0, 0.05) is 0 Å². The highest BCUT2D eigenvalue weighted by molar-refractivity contribution is 6.21. The number of nitrogens with zero attached hydrogens (tertiary/aromatic N) is 1. The van der Waals surface area contributed by atoms with Crippen LogP contribution in [0.2, 0.25) is 0 Å². The van der Waals surface area contributed by atoms with Gasteiger partial charge in [0.25, 0.3) is 11.8 Å². The summed E-state index contributed by atoms with van der Waals surface area (Å²) in [6, 6.07) is 6.76. The third-order valence-electron chi connectivity index (χ3n) is 3.12. The third-order valence-corrected chi connectivity index (χ3v) is 3.12. The second-order valence-electron chi connectivity index (χ2n) is 6.19. The van der Waals surface area contributed by atoms with Crippen LogP contribution in [0.3, 0.4) is 0 Å². The van der Waals surface area contributed by atoms with Crippen LogP contribution in [0.5, 0.6) is 0 Å². The lowest BCUT2D eigenvalue weighted by atomic mass is 9.89. The summed E-state index contributed by atoms with van der Waals surface area (Å²) in [6.45, 7) is 6.10. The summed E-state index contributed by atoms with van der Waals surface area (Å²) < 4.78 is 0. The molecule has 102 valence electrons. The molecule has 1 heterocycles. The lowest BCUT2D eigenvalue weighted by molar-refractivity contribution is 0.0475. The molecule has 0 aliphatic carbocycles. The van der Waals surface area contributed by atoms with Gasteiger partial charge in [-0.05, 0) is 24.0 Å². The average molecular weight is 261 g/mol. The molecule has 0 radical (unpaired) electrons. The molecule has 1 unspecified atom stereocenters. The Bertz CT molecular complexity index is 481. The summed E-state index contributed by atoms with van der Waals surface area (Å²) in [5.74, 6) is -0.623. The molecule has 0 spiro atoms. The number of aliphatic hydroxyl groups is 1. The van der Waals surface area contributed by atoms with Gasteiger partial charge in [-0.2, -0.15) is 0 Å². The van der Waals surface area contributed by atoms with Crippen molar-refractivity contribution < 1.29 is 14.7 Å². The maximum Gasteiger partial charge on any atom is 0.261 e. The van der Waals surface area contributed by atoms with Crippen molar-refractivity contribution >= 4 is 11.8 Å². The molecule has 0 fully saturated rings. The minimum atomic E-state index is -0.692. The fourth-order valence-corrected chi connectivity index (χ4v) is 2.39. The fourth-order valence-electron chi connectivity index (χ4n) is 2.39. The molecule has 4 heteroatoms. The minimum Gasteiger partial charge on any atom is -0.391 e. The molecule has 1 aromatic carbocycles. The lowest BCUT2D eigenvalue weighted by Crippen LogP contribution is -2.38. The summed E-state index contributed by atoms with van der Waals surface area (Å²) in [6.07, 6.45) is -0.150. The van der Waals surface area contributed by atoms with Gasteiger partial charge >= 0.3 is 0 Å². The summed E-state index contributed by atoms with van der Waals surface area (Å²) in [5.41, 5.74) is 0.809. The Balaban J connectivity index is 2.12. The van der Waals surface area contributed by atoms with E-state index >= 15 is 0 Å². The number of rotatable bonds is 3. The zero-order chi connectivity index (χ0) is 14.2. The predicted molar refractivity (Wildman–Crippen MR) is 71.9 cm³/mol. The molecule has 1 N–H and O–H groups in total. The number of amides is 2. The highest BCUT2D eigenvalue weighted by atomic mass is 16.3. The first-order chi connectivity index (χ1) is 8.79. The number of carbonyl (C=O) groups excluding carboxylic acids is 2. The van der Waals surface area contributed by atoms with Crippen LogP contribution in [0.1, 0.15) is 47.9 Å². The number of β-amino-alcohol motifs (C(OH)–C–C–N with tert-alkyl or cyclic N) is 1. The topological polar surface area (TPSA) is 57.6 Å². The van der Waals surface area contributed by atoms with E-state index in [9.17, 15) is 14.7 Å². The molecule has 0 saturated heterocycles. The zero-order valence-corrected chi connectivity index (χ0v) is 11.5. The van der Waals surface area contributed by atoms with Crippen molar-refractivity contribution in [2.75, 3.05) is 6.54 Å². The number of hydrogen-bond acceptors (Lipinski definition) is 3. The molecule has 2 rings (SSSR count). The van der Waals surface area contributed by atoms with Gasteiger partial charge in [0.2, 0.25) is 0 Å². The van der Waals surface area contributed by atoms with Crippen molar-refractivity contribution in [3.8, 4) is 0 Å². The van der Waals surface area contributed by atoms with Crippen LogP contribution in [-0.4, -0.2) is 34.5 Å². The number of imide groups is 1. The number of hydrogen-bond donors (Lipinski definition) is 1. The molecular formula is C15H19NO3. The number of aliphatic hydroxyl groups excluding tert-OH is 1. The van der Waals surface area contributed by atoms with Crippen LogP contribution in [0, 0.1) is 5.41 Å². The van der Waals surface area contributed by atoms with Gasteiger partial charge in [-0.1, -0.05) is 32.9 Å². The minimum absolute atomic E-state index is 0.0436. The largest absolute Gasteiger partial charge is 0.391 e. The first-order valence-corrected chi connectivity index (χ1v) is 6.43. The second kappa shape index (κ2) is 4.78. The van der Waals surface area contributed by atoms with E-state index in [-0.39, 0.29) is 23.8 Å². The van der Waals surface area contributed by atoms with Crippen LogP contribution in [0.4, 0.5) is 0 Å². The molecule has 2 amide bonds. The van der Waals surface area contributed by atoms with Crippen molar-refractivity contribution in [3.63, 3.8) is 0 Å². The average Bonchev–Trinajstić information content (AvgIpc) is 2.53. The molecule has 19 heavy (non-hydrogen) atoms. The van der Waals surface area contributed by atoms with Crippen molar-refractivity contribution in [1.29, 1.82) is 0 Å². The van der Waals surface area contributed by atoms with Crippen LogP contribution in [-0.2, 0) is 0 Å². The SMILES string of the molecule is CC(C)(C)CC(O)CN1C(=O)c2ccccc2C1=O. The van der Waals surface area contributed by atoms with E-state index in [4.69, 9.17) is 0 Å². The van der Waals surface area contributed by atoms with E-state index < -0.39 is 6.10 Å². The summed E-state index contributed by atoms with van der Waals surface area (Å²) >= 11 is 0. The Morgan fingerprint density at radius 1 is 1.11 bits per heavy atom. The molecule has 1 aromatic rings. The summed E-state index contributed by atoms with van der Waals surface area (Å²) in [7, 11) is 0. The van der Waals surface area contributed by atoms with Crippen LogP contribution in [0.25, 0.3) is 0 Å². The maximum absolute atomic E-state index is 12.1. The van der Waals surface area contributed by atoms with E-state index in [0.29, 0.717) is 17.5 Å². The zero-order valence-electron chi connectivity index (χ0n) is 11.5. The van der Waals surface area contributed by atoms with Gasteiger partial charge in [-0.15, -0.1) is 0 Å². The maximum atomic E-state index is 12.1. The molecule has 1 atom stereocenters. The normalized spacial score (nSPS) is 16.7. The Kier molecular flexibility index (Phi) is 3.45. The third kappa shape index (κ3) is 2.84. The Morgan fingerprint density at radius 3 is 2.00 bits per heavy atom. The van der Waals surface area contributed by atoms with Crippen molar-refractivity contribution in [2.24, 2.45) is 5.41 Å². The molecule has 1 aliphatic rings. The Morgan fingerprint density at radius 2 is 1.58 bits per heavy atom.